The molecular formula is C10H11O2Y. The second-order valence-corrected chi connectivity index (χ2v) is 2.03. The van der Waals surface area contributed by atoms with Crippen LogP contribution in [-0.2, 0) is 43.9 Å². The molecule has 0 aliphatic rings. The molecule has 13 heavy (non-hydrogen) atoms. The zero-order chi connectivity index (χ0) is 9.40. The first-order chi connectivity index (χ1) is 5.66. The summed E-state index contributed by atoms with van der Waals surface area (Å²) in [5, 5.41) is 7.31. The molecule has 0 saturated heterocycles. The van der Waals surface area contributed by atoms with Gasteiger partial charge < -0.3 is 12.0 Å². The Balaban J connectivity index is 0. The van der Waals surface area contributed by atoms with Gasteiger partial charge in [0.2, 0.25) is 0 Å². The van der Waals surface area contributed by atoms with Gasteiger partial charge in [0.1, 0.15) is 0 Å². The van der Waals surface area contributed by atoms with Crippen molar-refractivity contribution in [2.75, 3.05) is 0 Å². The maximum atomic E-state index is 8.89. The molecule has 0 atom stereocenters. The van der Waals surface area contributed by atoms with Gasteiger partial charge in [-0.1, -0.05) is 0 Å². The number of rotatable bonds is 1. The minimum atomic E-state index is -1.08. The molecule has 0 amide bonds. The minimum absolute atomic E-state index is 0. The van der Waals surface area contributed by atoms with Gasteiger partial charge in [-0.15, -0.1) is 0 Å². The van der Waals surface area contributed by atoms with Crippen LogP contribution in [-0.4, -0.2) is 11.1 Å². The molecule has 0 saturated carbocycles. The van der Waals surface area contributed by atoms with Gasteiger partial charge in [0, 0.05) is 0 Å². The van der Waals surface area contributed by atoms with Crippen LogP contribution in [0.15, 0.2) is 24.3 Å². The summed E-state index contributed by atoms with van der Waals surface area (Å²) in [7, 11) is 0. The van der Waals surface area contributed by atoms with Crippen molar-refractivity contribution in [3.05, 3.63) is 49.7 Å². The number of aliphatic carboxylic acids is 1. The SMILES string of the molecule is [CH2-]C(=O)O.[CH2-]Cc1[c-]cccc1.[Y+3]. The number of benzene rings is 1. The molecule has 0 radical (unpaired) electrons. The summed E-state index contributed by atoms with van der Waals surface area (Å²) < 4.78 is 0. The monoisotopic (exact) mass is 252 g/mol. The molecule has 0 aliphatic heterocycles. The maximum absolute atomic E-state index is 8.89. The van der Waals surface area contributed by atoms with Gasteiger partial charge in [0.25, 0.3) is 0 Å². The molecule has 66 valence electrons. The third-order valence-electron chi connectivity index (χ3n) is 1.04. The van der Waals surface area contributed by atoms with Crippen LogP contribution in [0.25, 0.3) is 0 Å². The summed E-state index contributed by atoms with van der Waals surface area (Å²) >= 11 is 0. The second kappa shape index (κ2) is 9.75. The Morgan fingerprint density at radius 3 is 2.31 bits per heavy atom. The van der Waals surface area contributed by atoms with E-state index in [2.05, 4.69) is 19.9 Å². The van der Waals surface area contributed by atoms with E-state index in [0.717, 1.165) is 6.42 Å². The fraction of sp³-hybridized carbons (Fsp3) is 0.100. The van der Waals surface area contributed by atoms with Gasteiger partial charge >= 0.3 is 32.7 Å². The van der Waals surface area contributed by atoms with E-state index >= 15 is 0 Å². The number of hydrogen-bond donors (Lipinski definition) is 1. The van der Waals surface area contributed by atoms with E-state index in [1.807, 2.05) is 24.3 Å². The summed E-state index contributed by atoms with van der Waals surface area (Å²) in [6, 6.07) is 10.9. The molecule has 1 rings (SSSR count). The summed E-state index contributed by atoms with van der Waals surface area (Å²) in [4.78, 5) is 8.89. The van der Waals surface area contributed by atoms with Gasteiger partial charge in [0.15, 0.2) is 5.97 Å². The standard InChI is InChI=1S/C8H8.C2H3O2.Y/c1-2-8-6-4-3-5-7-8;1-2(3)4;/h3-6H,1-2H2;1H2,(H,3,4);/q-2;-1;+3. The van der Waals surface area contributed by atoms with E-state index in [1.54, 1.807) is 0 Å². The van der Waals surface area contributed by atoms with Gasteiger partial charge in [-0.05, 0) is 0 Å². The average molecular weight is 252 g/mol. The summed E-state index contributed by atoms with van der Waals surface area (Å²) in [6.45, 7) is 6.28. The molecule has 0 heterocycles. The Kier molecular flexibility index (Phi) is 11.4. The van der Waals surface area contributed by atoms with Crippen molar-refractivity contribution in [1.82, 2.24) is 0 Å². The van der Waals surface area contributed by atoms with Gasteiger partial charge in [-0.25, -0.2) is 0 Å². The largest absolute Gasteiger partial charge is 3.00 e. The molecule has 2 nitrogen and oxygen atoms in total. The first kappa shape index (κ1) is 15.2. The fourth-order valence-electron chi connectivity index (χ4n) is 0.586. The van der Waals surface area contributed by atoms with Crippen molar-refractivity contribution in [3.8, 4) is 0 Å². The molecule has 0 aromatic heterocycles. The predicted octanol–water partition coefficient (Wildman–Crippen LogP) is 1.77. The van der Waals surface area contributed by atoms with E-state index in [9.17, 15) is 0 Å². The molecule has 0 aliphatic carbocycles. The van der Waals surface area contributed by atoms with Crippen LogP contribution in [0.3, 0.4) is 0 Å². The normalized spacial score (nSPS) is 7.46. The number of carboxylic acid groups (broad SMARTS) is 1. The van der Waals surface area contributed by atoms with Crippen molar-refractivity contribution < 1.29 is 42.6 Å². The minimum Gasteiger partial charge on any atom is -0.503 e. The molecule has 1 aromatic rings. The first-order valence-corrected chi connectivity index (χ1v) is 3.46. The molecule has 1 aromatic carbocycles. The van der Waals surface area contributed by atoms with Crippen LogP contribution in [0.2, 0.25) is 0 Å². The smallest absolute Gasteiger partial charge is 0.503 e. The molecule has 0 spiro atoms. The average Bonchev–Trinajstić information content (AvgIpc) is 2.05. The Labute approximate surface area is 104 Å². The molecule has 0 unspecified atom stereocenters. The van der Waals surface area contributed by atoms with Gasteiger partial charge in [-0.2, -0.15) is 42.3 Å². The second-order valence-electron chi connectivity index (χ2n) is 2.03. The van der Waals surface area contributed by atoms with E-state index in [0.29, 0.717) is 0 Å². The van der Waals surface area contributed by atoms with Crippen molar-refractivity contribution in [1.29, 1.82) is 0 Å². The third-order valence-corrected chi connectivity index (χ3v) is 1.04. The van der Waals surface area contributed by atoms with Gasteiger partial charge in [-0.3, -0.25) is 11.7 Å². The number of hydrogen-bond acceptors (Lipinski definition) is 1. The Bertz CT molecular complexity index is 218. The number of carbonyl (C=O) groups is 1. The van der Waals surface area contributed by atoms with Crippen molar-refractivity contribution in [2.24, 2.45) is 0 Å². The topological polar surface area (TPSA) is 37.3 Å². The van der Waals surface area contributed by atoms with Crippen LogP contribution in [0, 0.1) is 19.9 Å². The van der Waals surface area contributed by atoms with Crippen LogP contribution in [0.5, 0.6) is 0 Å². The third kappa shape index (κ3) is 11.7. The van der Waals surface area contributed by atoms with E-state index in [-0.39, 0.29) is 32.7 Å². The Morgan fingerprint density at radius 1 is 1.54 bits per heavy atom. The molecule has 1 N–H and O–H groups in total. The molecule has 0 bridgehead atoms. The van der Waals surface area contributed by atoms with Crippen LogP contribution in [0.1, 0.15) is 5.56 Å². The van der Waals surface area contributed by atoms with E-state index < -0.39 is 5.97 Å². The molecule has 3 heteroatoms. The Morgan fingerprint density at radius 2 is 2.08 bits per heavy atom. The zero-order valence-electron chi connectivity index (χ0n) is 7.36. The van der Waals surface area contributed by atoms with Gasteiger partial charge in [0.05, 0.1) is 0 Å². The fourth-order valence-corrected chi connectivity index (χ4v) is 0.586. The van der Waals surface area contributed by atoms with Crippen LogP contribution in [0.4, 0.5) is 0 Å². The quantitative estimate of drug-likeness (QED) is 0.773. The Hall–Kier alpha value is -0.336. The molecule has 0 fully saturated rings. The maximum Gasteiger partial charge on any atom is 3.00 e. The summed E-state index contributed by atoms with van der Waals surface area (Å²) in [5.74, 6) is -1.08. The van der Waals surface area contributed by atoms with E-state index in [4.69, 9.17) is 9.90 Å². The van der Waals surface area contributed by atoms with Crippen LogP contribution >= 0.6 is 0 Å². The summed E-state index contributed by atoms with van der Waals surface area (Å²) in [5.41, 5.74) is 1.17. The number of carboxylic acids is 1. The van der Waals surface area contributed by atoms with Crippen molar-refractivity contribution in [2.45, 2.75) is 6.42 Å². The zero-order valence-corrected chi connectivity index (χ0v) is 10.2. The molecular weight excluding hydrogens is 241 g/mol. The van der Waals surface area contributed by atoms with Crippen LogP contribution < -0.4 is 0 Å². The first-order valence-electron chi connectivity index (χ1n) is 3.46. The summed E-state index contributed by atoms with van der Waals surface area (Å²) in [6.07, 6.45) is 0.834. The van der Waals surface area contributed by atoms with E-state index in [1.165, 1.54) is 5.56 Å². The predicted molar refractivity (Wildman–Crippen MR) is 47.3 cm³/mol. The van der Waals surface area contributed by atoms with Crippen molar-refractivity contribution in [3.63, 3.8) is 0 Å². The van der Waals surface area contributed by atoms with Crippen molar-refractivity contribution >= 4 is 5.97 Å².